The predicted molar refractivity (Wildman–Crippen MR) is 103 cm³/mol. The zero-order valence-corrected chi connectivity index (χ0v) is 16.6. The first kappa shape index (κ1) is 19.8. The van der Waals surface area contributed by atoms with Crippen molar-refractivity contribution in [2.45, 2.75) is 52.5 Å². The van der Waals surface area contributed by atoms with Crippen LogP contribution in [0.25, 0.3) is 5.65 Å². The number of likely N-dealkylation sites (tertiary alicyclic amines) is 1. The Bertz CT molecular complexity index is 926. The van der Waals surface area contributed by atoms with E-state index < -0.39 is 0 Å². The summed E-state index contributed by atoms with van der Waals surface area (Å²) >= 11 is 0. The maximum atomic E-state index is 12.5. The topological polar surface area (TPSA) is 103 Å². The Labute approximate surface area is 164 Å². The van der Waals surface area contributed by atoms with Crippen molar-refractivity contribution in [3.05, 3.63) is 29.7 Å². The van der Waals surface area contributed by atoms with Crippen LogP contribution in [-0.4, -0.2) is 50.4 Å². The highest BCUT2D eigenvalue weighted by Gasteiger charge is 2.29. The number of nitrogens with zero attached hydrogens (tertiary/aromatic N) is 5. The highest BCUT2D eigenvalue weighted by Crippen LogP contribution is 2.24. The molecule has 1 fully saturated rings. The van der Waals surface area contributed by atoms with Crippen LogP contribution >= 0.6 is 0 Å². The van der Waals surface area contributed by atoms with Crippen molar-refractivity contribution < 1.29 is 9.59 Å². The first-order valence-electron chi connectivity index (χ1n) is 9.58. The molecule has 1 aliphatic rings. The molecule has 1 aliphatic heterocycles. The van der Waals surface area contributed by atoms with Gasteiger partial charge in [0.15, 0.2) is 5.65 Å². The molecule has 2 aromatic rings. The number of rotatable bonds is 6. The van der Waals surface area contributed by atoms with Gasteiger partial charge in [-0.2, -0.15) is 10.4 Å². The van der Waals surface area contributed by atoms with Crippen LogP contribution in [0.3, 0.4) is 0 Å². The van der Waals surface area contributed by atoms with Gasteiger partial charge in [-0.3, -0.25) is 9.59 Å². The van der Waals surface area contributed by atoms with Gasteiger partial charge in [-0.15, -0.1) is 0 Å². The van der Waals surface area contributed by atoms with Gasteiger partial charge in [-0.1, -0.05) is 13.8 Å². The van der Waals surface area contributed by atoms with E-state index in [-0.39, 0.29) is 23.3 Å². The monoisotopic (exact) mass is 382 g/mol. The summed E-state index contributed by atoms with van der Waals surface area (Å²) in [6, 6.07) is 3.76. The van der Waals surface area contributed by atoms with E-state index in [0.717, 1.165) is 18.5 Å². The van der Waals surface area contributed by atoms with Crippen LogP contribution in [0.15, 0.2) is 18.5 Å². The van der Waals surface area contributed by atoms with Crippen LogP contribution in [0.1, 0.15) is 55.6 Å². The summed E-state index contributed by atoms with van der Waals surface area (Å²) in [5.41, 5.74) is 1.74. The van der Waals surface area contributed by atoms with Crippen LogP contribution < -0.4 is 5.32 Å². The molecule has 0 aliphatic carbocycles. The van der Waals surface area contributed by atoms with Crippen LogP contribution in [0, 0.1) is 23.7 Å². The fourth-order valence-electron chi connectivity index (χ4n) is 3.41. The second kappa shape index (κ2) is 7.97. The molecular weight excluding hydrogens is 356 g/mol. The third kappa shape index (κ3) is 4.47. The Kier molecular flexibility index (Phi) is 5.63. The molecule has 0 unspecified atom stereocenters. The molecule has 2 amide bonds. The Morgan fingerprint density at radius 2 is 2.21 bits per heavy atom. The van der Waals surface area contributed by atoms with Crippen molar-refractivity contribution in [2.24, 2.45) is 5.41 Å². The van der Waals surface area contributed by atoms with Crippen LogP contribution in [-0.2, 0) is 4.79 Å². The van der Waals surface area contributed by atoms with Gasteiger partial charge in [-0.25, -0.2) is 9.50 Å². The maximum absolute atomic E-state index is 12.5. The average Bonchev–Trinajstić information content (AvgIpc) is 3.28. The number of aromatic nitrogens is 3. The van der Waals surface area contributed by atoms with E-state index in [1.165, 1.54) is 6.20 Å². The quantitative estimate of drug-likeness (QED) is 0.824. The molecule has 0 saturated carbocycles. The molecule has 0 radical (unpaired) electrons. The lowest BCUT2D eigenvalue weighted by Gasteiger charge is -2.26. The molecule has 148 valence electrons. The summed E-state index contributed by atoms with van der Waals surface area (Å²) in [6.07, 6.45) is 5.86. The summed E-state index contributed by atoms with van der Waals surface area (Å²) in [6.45, 7) is 7.02. The highest BCUT2D eigenvalue weighted by atomic mass is 16.2. The van der Waals surface area contributed by atoms with Gasteiger partial charge in [0.2, 0.25) is 5.91 Å². The molecule has 2 aromatic heterocycles. The molecule has 1 N–H and O–H groups in total. The Hall–Kier alpha value is -2.95. The first-order valence-corrected chi connectivity index (χ1v) is 9.58. The molecule has 1 saturated heterocycles. The molecule has 3 rings (SSSR count). The molecule has 8 heteroatoms. The molecular formula is C20H26N6O2. The number of hydrogen-bond donors (Lipinski definition) is 1. The van der Waals surface area contributed by atoms with E-state index in [1.807, 2.05) is 26.8 Å². The minimum atomic E-state index is -0.288. The van der Waals surface area contributed by atoms with Gasteiger partial charge in [-0.05, 0) is 31.6 Å². The van der Waals surface area contributed by atoms with E-state index in [4.69, 9.17) is 5.26 Å². The van der Waals surface area contributed by atoms with Crippen LogP contribution in [0.4, 0.5) is 0 Å². The van der Waals surface area contributed by atoms with Crippen LogP contribution in [0.5, 0.6) is 0 Å². The number of fused-ring (bicyclic) bond motifs is 1. The zero-order valence-electron chi connectivity index (χ0n) is 16.6. The van der Waals surface area contributed by atoms with Crippen molar-refractivity contribution in [1.82, 2.24) is 24.8 Å². The zero-order chi connectivity index (χ0) is 20.3. The maximum Gasteiger partial charge on any atom is 0.254 e. The summed E-state index contributed by atoms with van der Waals surface area (Å²) in [4.78, 5) is 30.8. The number of carbonyl (C=O) groups excluding carboxylic acids is 2. The Balaban J connectivity index is 1.52. The smallest absolute Gasteiger partial charge is 0.254 e. The molecule has 8 nitrogen and oxygen atoms in total. The van der Waals surface area contributed by atoms with Gasteiger partial charge in [0.25, 0.3) is 5.91 Å². The van der Waals surface area contributed by atoms with Crippen molar-refractivity contribution in [1.29, 1.82) is 5.26 Å². The second-order valence-electron chi connectivity index (χ2n) is 8.15. The summed E-state index contributed by atoms with van der Waals surface area (Å²) in [7, 11) is 0. The number of carbonyl (C=O) groups is 2. The van der Waals surface area contributed by atoms with E-state index in [1.54, 1.807) is 15.6 Å². The molecule has 0 bridgehead atoms. The van der Waals surface area contributed by atoms with Gasteiger partial charge in [0.1, 0.15) is 6.04 Å². The summed E-state index contributed by atoms with van der Waals surface area (Å²) < 4.78 is 1.59. The van der Waals surface area contributed by atoms with Crippen molar-refractivity contribution in [3.63, 3.8) is 0 Å². The number of hydrogen-bond acceptors (Lipinski definition) is 5. The van der Waals surface area contributed by atoms with E-state index in [9.17, 15) is 9.59 Å². The van der Waals surface area contributed by atoms with E-state index >= 15 is 0 Å². The fraction of sp³-hybridized carbons (Fsp3) is 0.550. The minimum absolute atomic E-state index is 0.0205. The number of nitriles is 1. The first-order chi connectivity index (χ1) is 13.3. The number of nitrogens with one attached hydrogen (secondary N) is 1. The normalized spacial score (nSPS) is 16.9. The second-order valence-corrected chi connectivity index (χ2v) is 8.15. The summed E-state index contributed by atoms with van der Waals surface area (Å²) in [5.74, 6) is -0.196. The lowest BCUT2D eigenvalue weighted by molar-refractivity contribution is -0.131. The molecule has 0 aromatic carbocycles. The standard InChI is InChI=1S/C20H26N6O2/c1-14-9-17-22-11-15(12-26(17)24-14)19(28)23-13-20(2,3)7-6-18(27)25-8-4-5-16(25)10-21/h9,11-12,16H,4-8,13H2,1-3H3,(H,23,28)/t16-/m0/s1. The third-order valence-corrected chi connectivity index (χ3v) is 5.16. The highest BCUT2D eigenvalue weighted by molar-refractivity contribution is 5.93. The van der Waals surface area contributed by atoms with Crippen molar-refractivity contribution >= 4 is 17.5 Å². The summed E-state index contributed by atoms with van der Waals surface area (Å²) in [5, 5.41) is 16.3. The minimum Gasteiger partial charge on any atom is -0.351 e. The lowest BCUT2D eigenvalue weighted by atomic mass is 9.87. The lowest BCUT2D eigenvalue weighted by Crippen LogP contribution is -2.37. The van der Waals surface area contributed by atoms with Crippen molar-refractivity contribution in [2.75, 3.05) is 13.1 Å². The van der Waals surface area contributed by atoms with Gasteiger partial charge in [0, 0.05) is 38.0 Å². The fourth-order valence-corrected chi connectivity index (χ4v) is 3.41. The van der Waals surface area contributed by atoms with Gasteiger partial charge < -0.3 is 10.2 Å². The molecule has 28 heavy (non-hydrogen) atoms. The Morgan fingerprint density at radius 1 is 1.43 bits per heavy atom. The van der Waals surface area contributed by atoms with Gasteiger partial charge in [0.05, 0.1) is 17.3 Å². The average molecular weight is 382 g/mol. The SMILES string of the molecule is Cc1cc2ncc(C(=O)NCC(C)(C)CCC(=O)N3CCC[C@H]3C#N)cn2n1. The largest absolute Gasteiger partial charge is 0.351 e. The van der Waals surface area contributed by atoms with Crippen molar-refractivity contribution in [3.8, 4) is 6.07 Å². The third-order valence-electron chi connectivity index (χ3n) is 5.16. The van der Waals surface area contributed by atoms with E-state index in [0.29, 0.717) is 37.1 Å². The van der Waals surface area contributed by atoms with Gasteiger partial charge >= 0.3 is 0 Å². The van der Waals surface area contributed by atoms with Crippen LogP contribution in [0.2, 0.25) is 0 Å². The number of aryl methyl sites for hydroxylation is 1. The Morgan fingerprint density at radius 3 is 2.96 bits per heavy atom. The molecule has 3 heterocycles. The number of amides is 2. The molecule has 0 spiro atoms. The van der Waals surface area contributed by atoms with E-state index in [2.05, 4.69) is 21.5 Å². The predicted octanol–water partition coefficient (Wildman–Crippen LogP) is 2.09. The molecule has 1 atom stereocenters.